The molecule has 0 radical (unpaired) electrons. The molecule has 0 spiro atoms. The molecule has 2 aromatic carbocycles. The van der Waals surface area contributed by atoms with Crippen molar-refractivity contribution in [3.63, 3.8) is 0 Å². The van der Waals surface area contributed by atoms with Crippen LogP contribution in [0.25, 0.3) is 10.8 Å². The van der Waals surface area contributed by atoms with E-state index in [1.54, 1.807) is 12.4 Å². The van der Waals surface area contributed by atoms with E-state index >= 15 is 0 Å². The number of hydrogen-bond donors (Lipinski definition) is 0. The summed E-state index contributed by atoms with van der Waals surface area (Å²) in [6.45, 7) is 0. The molecule has 0 heterocycles. The lowest BCUT2D eigenvalue weighted by Crippen LogP contribution is -2.09. The Labute approximate surface area is 111 Å². The van der Waals surface area contributed by atoms with Gasteiger partial charge in [0.25, 0.3) is 0 Å². The zero-order valence-corrected chi connectivity index (χ0v) is 9.85. The highest BCUT2D eigenvalue weighted by Crippen LogP contribution is 2.34. The normalized spacial score (nSPS) is 16.6. The first kappa shape index (κ1) is 11.9. The Kier molecular flexibility index (Phi) is 2.52. The van der Waals surface area contributed by atoms with Crippen molar-refractivity contribution in [2.45, 2.75) is 0 Å². The summed E-state index contributed by atoms with van der Waals surface area (Å²) in [6.07, 6.45) is 3.23. The van der Waals surface area contributed by atoms with Crippen molar-refractivity contribution in [2.75, 3.05) is 0 Å². The Balaban J connectivity index is 2.55. The Morgan fingerprint density at radius 1 is 0.750 bits per heavy atom. The minimum Gasteiger partial charge on any atom is -0.206 e. The van der Waals surface area contributed by atoms with E-state index in [-0.39, 0.29) is 22.2 Å². The number of hydrogen-bond acceptors (Lipinski definition) is 4. The molecule has 0 aromatic heterocycles. The second kappa shape index (κ2) is 4.22. The third-order valence-electron chi connectivity index (χ3n) is 3.12. The molecular formula is C14H4F2N4. The fraction of sp³-hybridized carbons (Fsp3) is 0. The second-order valence-electron chi connectivity index (χ2n) is 4.06. The zero-order chi connectivity index (χ0) is 14.3. The molecule has 0 saturated carbocycles. The maximum atomic E-state index is 13.8. The Morgan fingerprint density at radius 3 is 1.60 bits per heavy atom. The molecule has 0 atom stereocenters. The van der Waals surface area contributed by atoms with Crippen LogP contribution < -0.4 is 0 Å². The monoisotopic (exact) mass is 266 g/mol. The van der Waals surface area contributed by atoms with Crippen LogP contribution in [-0.2, 0) is 0 Å². The molecule has 0 fully saturated rings. The summed E-state index contributed by atoms with van der Waals surface area (Å²) < 4.78 is 27.6. The van der Waals surface area contributed by atoms with Gasteiger partial charge in [0, 0.05) is 16.5 Å². The number of rotatable bonds is 0. The summed E-state index contributed by atoms with van der Waals surface area (Å²) in [7, 11) is 0. The molecule has 1 aliphatic carbocycles. The first-order chi connectivity index (χ1) is 9.69. The van der Waals surface area contributed by atoms with Crippen molar-refractivity contribution in [2.24, 2.45) is 9.98 Å². The maximum Gasteiger partial charge on any atom is 0.206 e. The van der Waals surface area contributed by atoms with Crippen molar-refractivity contribution in [1.29, 1.82) is 10.5 Å². The summed E-state index contributed by atoms with van der Waals surface area (Å²) in [5.41, 5.74) is 1.09. The highest BCUT2D eigenvalue weighted by molar-refractivity contribution is 6.61. The van der Waals surface area contributed by atoms with Gasteiger partial charge in [0.15, 0.2) is 0 Å². The van der Waals surface area contributed by atoms with Crippen LogP contribution in [0.5, 0.6) is 0 Å². The quantitative estimate of drug-likeness (QED) is 0.687. The van der Waals surface area contributed by atoms with Crippen LogP contribution in [-0.4, -0.2) is 11.4 Å². The minimum atomic E-state index is -0.711. The lowest BCUT2D eigenvalue weighted by atomic mass is 10.0. The van der Waals surface area contributed by atoms with Crippen LogP contribution in [0.3, 0.4) is 0 Å². The number of nitriles is 2. The average molecular weight is 266 g/mol. The van der Waals surface area contributed by atoms with Gasteiger partial charge >= 0.3 is 0 Å². The van der Waals surface area contributed by atoms with Gasteiger partial charge in [0.1, 0.15) is 23.1 Å². The lowest BCUT2D eigenvalue weighted by Gasteiger charge is -2.02. The van der Waals surface area contributed by atoms with Crippen LogP contribution in [0.1, 0.15) is 11.1 Å². The molecule has 2 aromatic rings. The summed E-state index contributed by atoms with van der Waals surface area (Å²) in [4.78, 5) is 7.24. The summed E-state index contributed by atoms with van der Waals surface area (Å²) >= 11 is 0. The Morgan fingerprint density at radius 2 is 1.20 bits per heavy atom. The molecule has 3 rings (SSSR count). The van der Waals surface area contributed by atoms with Crippen molar-refractivity contribution in [3.8, 4) is 12.4 Å². The van der Waals surface area contributed by atoms with E-state index < -0.39 is 11.6 Å². The SMILES string of the molecule is N#CN=C1C(=NC#N)c2ccc(F)c3c(F)ccc1c23. The smallest absolute Gasteiger partial charge is 0.206 e. The standard InChI is InChI=1S/C14H4F2N4/c15-9-3-1-7-11-8(2-4-10(16)12(9)11)14(20-6-18)13(7)19-5-17/h1-4H. The molecular weight excluding hydrogens is 262 g/mol. The first-order valence-electron chi connectivity index (χ1n) is 5.54. The molecule has 0 saturated heterocycles. The average Bonchev–Trinajstić information content (AvgIpc) is 2.72. The van der Waals surface area contributed by atoms with E-state index in [9.17, 15) is 8.78 Å². The molecule has 94 valence electrons. The molecule has 6 heteroatoms. The van der Waals surface area contributed by atoms with Crippen molar-refractivity contribution >= 4 is 22.2 Å². The van der Waals surface area contributed by atoms with Crippen LogP contribution in [0.4, 0.5) is 8.78 Å². The second-order valence-corrected chi connectivity index (χ2v) is 4.06. The summed E-state index contributed by atoms with van der Waals surface area (Å²) in [6, 6.07) is 5.01. The zero-order valence-electron chi connectivity index (χ0n) is 9.85. The van der Waals surface area contributed by atoms with Gasteiger partial charge in [-0.15, -0.1) is 0 Å². The minimum absolute atomic E-state index is 0.152. The number of aliphatic imine (C=N–C) groups is 2. The molecule has 0 N–H and O–H groups in total. The number of nitrogens with zero attached hydrogens (tertiary/aromatic N) is 4. The van der Waals surface area contributed by atoms with Gasteiger partial charge in [-0.25, -0.2) is 8.78 Å². The van der Waals surface area contributed by atoms with Gasteiger partial charge < -0.3 is 0 Å². The van der Waals surface area contributed by atoms with Crippen molar-refractivity contribution in [3.05, 3.63) is 47.0 Å². The van der Waals surface area contributed by atoms with Gasteiger partial charge in [0.2, 0.25) is 12.4 Å². The van der Waals surface area contributed by atoms with Gasteiger partial charge in [0.05, 0.1) is 5.39 Å². The molecule has 0 aliphatic heterocycles. The highest BCUT2D eigenvalue weighted by atomic mass is 19.1. The molecule has 0 unspecified atom stereocenters. The third kappa shape index (κ3) is 1.42. The molecule has 0 amide bonds. The van der Waals surface area contributed by atoms with Gasteiger partial charge in [-0.05, 0) is 24.3 Å². The van der Waals surface area contributed by atoms with E-state index in [4.69, 9.17) is 10.5 Å². The Hall–Kier alpha value is -3.12. The number of benzene rings is 2. The highest BCUT2D eigenvalue weighted by Gasteiger charge is 2.29. The predicted molar refractivity (Wildman–Crippen MR) is 68.2 cm³/mol. The van der Waals surface area contributed by atoms with Gasteiger partial charge in [-0.1, -0.05) is 0 Å². The van der Waals surface area contributed by atoms with Crippen LogP contribution in [0, 0.1) is 34.5 Å². The molecule has 1 aliphatic rings. The largest absolute Gasteiger partial charge is 0.206 e. The van der Waals surface area contributed by atoms with Crippen LogP contribution in [0.2, 0.25) is 0 Å². The van der Waals surface area contributed by atoms with Gasteiger partial charge in [-0.2, -0.15) is 20.5 Å². The first-order valence-corrected chi connectivity index (χ1v) is 5.54. The van der Waals surface area contributed by atoms with Crippen LogP contribution >= 0.6 is 0 Å². The van der Waals surface area contributed by atoms with E-state index in [0.29, 0.717) is 11.1 Å². The summed E-state index contributed by atoms with van der Waals surface area (Å²) in [5, 5.41) is 17.6. The van der Waals surface area contributed by atoms with Gasteiger partial charge in [-0.3, -0.25) is 0 Å². The van der Waals surface area contributed by atoms with Crippen LogP contribution in [0.15, 0.2) is 34.3 Å². The topological polar surface area (TPSA) is 72.3 Å². The van der Waals surface area contributed by atoms with Crippen molar-refractivity contribution in [1.82, 2.24) is 0 Å². The van der Waals surface area contributed by atoms with Crippen molar-refractivity contribution < 1.29 is 8.78 Å². The molecule has 0 bridgehead atoms. The molecule has 4 nitrogen and oxygen atoms in total. The van der Waals surface area contributed by atoms with E-state index in [0.717, 1.165) is 12.1 Å². The number of halogens is 2. The van der Waals surface area contributed by atoms with E-state index in [1.165, 1.54) is 12.1 Å². The maximum absolute atomic E-state index is 13.8. The fourth-order valence-electron chi connectivity index (χ4n) is 2.39. The fourth-order valence-corrected chi connectivity index (χ4v) is 2.39. The van der Waals surface area contributed by atoms with E-state index in [1.807, 2.05) is 0 Å². The third-order valence-corrected chi connectivity index (χ3v) is 3.12. The Bertz CT molecular complexity index is 827. The van der Waals surface area contributed by atoms with E-state index in [2.05, 4.69) is 9.98 Å². The predicted octanol–water partition coefficient (Wildman–Crippen LogP) is 2.67. The summed E-state index contributed by atoms with van der Waals surface area (Å²) in [5.74, 6) is -1.42. The lowest BCUT2D eigenvalue weighted by molar-refractivity contribution is 0.608. The molecule has 20 heavy (non-hydrogen) atoms.